The number of alkyl halides is 2. The molecule has 0 saturated heterocycles. The van der Waals surface area contributed by atoms with Crippen molar-refractivity contribution in [3.8, 4) is 0 Å². The van der Waals surface area contributed by atoms with Crippen molar-refractivity contribution < 1.29 is 0 Å². The van der Waals surface area contributed by atoms with Gasteiger partial charge < -0.3 is 0 Å². The third kappa shape index (κ3) is 2.61. The van der Waals surface area contributed by atoms with E-state index in [0.29, 0.717) is 11.8 Å². The molecule has 0 bridgehead atoms. The Balaban J connectivity index is 2.76. The number of hydrogen-bond acceptors (Lipinski definition) is 2. The number of aryl methyl sites for hydroxylation is 1. The summed E-state index contributed by atoms with van der Waals surface area (Å²) in [5.41, 5.74) is -0.0942. The number of rotatable bonds is 5. The zero-order valence-corrected chi connectivity index (χ0v) is 10.0. The molecule has 1 heterocycles. The lowest BCUT2D eigenvalue weighted by Gasteiger charge is -2.23. The molecule has 0 aliphatic rings. The molecule has 1 aromatic rings. The highest BCUT2D eigenvalue weighted by molar-refractivity contribution is 6.21. The second kappa shape index (κ2) is 4.99. The van der Waals surface area contributed by atoms with Gasteiger partial charge in [-0.3, -0.25) is 4.68 Å². The lowest BCUT2D eigenvalue weighted by Crippen LogP contribution is -2.25. The minimum Gasteiger partial charge on any atom is -0.250 e. The van der Waals surface area contributed by atoms with E-state index in [1.54, 1.807) is 6.33 Å². The number of aromatic nitrogens is 3. The molecule has 0 radical (unpaired) electrons. The predicted molar refractivity (Wildman–Crippen MR) is 58.9 cm³/mol. The fraction of sp³-hybridized carbons (Fsp3) is 0.778. The van der Waals surface area contributed by atoms with E-state index in [4.69, 9.17) is 23.2 Å². The van der Waals surface area contributed by atoms with Crippen LogP contribution in [-0.4, -0.2) is 26.5 Å². The Labute approximate surface area is 94.4 Å². The number of nitrogens with zero attached hydrogens (tertiary/aromatic N) is 3. The summed E-state index contributed by atoms with van der Waals surface area (Å²) in [7, 11) is 0. The third-order valence-corrected chi connectivity index (χ3v) is 3.52. The van der Waals surface area contributed by atoms with Crippen molar-refractivity contribution in [2.45, 2.75) is 26.8 Å². The smallest absolute Gasteiger partial charge is 0.138 e. The largest absolute Gasteiger partial charge is 0.250 e. The van der Waals surface area contributed by atoms with Gasteiger partial charge in [0.15, 0.2) is 0 Å². The predicted octanol–water partition coefficient (Wildman–Crippen LogP) is 2.32. The van der Waals surface area contributed by atoms with Gasteiger partial charge in [0.1, 0.15) is 12.2 Å². The van der Waals surface area contributed by atoms with Gasteiger partial charge in [0.25, 0.3) is 0 Å². The average molecular weight is 236 g/mol. The van der Waals surface area contributed by atoms with Crippen molar-refractivity contribution in [3.05, 3.63) is 12.2 Å². The van der Waals surface area contributed by atoms with Crippen LogP contribution in [0.2, 0.25) is 0 Å². The molecule has 0 aliphatic carbocycles. The Morgan fingerprint density at radius 2 is 2.07 bits per heavy atom. The van der Waals surface area contributed by atoms with Gasteiger partial charge in [0, 0.05) is 30.1 Å². The van der Waals surface area contributed by atoms with Crippen LogP contribution < -0.4 is 0 Å². The second-order valence-corrected chi connectivity index (χ2v) is 4.28. The summed E-state index contributed by atoms with van der Waals surface area (Å²) in [6, 6.07) is 0. The van der Waals surface area contributed by atoms with Crippen LogP contribution >= 0.6 is 23.2 Å². The lowest BCUT2D eigenvalue weighted by molar-refractivity contribution is 0.400. The van der Waals surface area contributed by atoms with E-state index in [1.165, 1.54) is 0 Å². The van der Waals surface area contributed by atoms with Gasteiger partial charge in [-0.15, -0.1) is 23.2 Å². The molecule has 3 nitrogen and oxygen atoms in total. The van der Waals surface area contributed by atoms with Crippen LogP contribution in [0.4, 0.5) is 0 Å². The van der Waals surface area contributed by atoms with Gasteiger partial charge in [0.05, 0.1) is 0 Å². The first-order valence-corrected chi connectivity index (χ1v) is 5.70. The summed E-state index contributed by atoms with van der Waals surface area (Å²) in [6.45, 7) is 4.93. The molecule has 80 valence electrons. The maximum Gasteiger partial charge on any atom is 0.138 e. The molecule has 0 spiro atoms. The lowest BCUT2D eigenvalue weighted by atomic mass is 9.91. The Hall–Kier alpha value is -0.280. The second-order valence-electron chi connectivity index (χ2n) is 3.75. The Bertz CT molecular complexity index is 281. The van der Waals surface area contributed by atoms with Gasteiger partial charge in [-0.2, -0.15) is 5.10 Å². The molecule has 1 rings (SSSR count). The van der Waals surface area contributed by atoms with Gasteiger partial charge in [-0.25, -0.2) is 4.98 Å². The number of halogens is 2. The first-order valence-electron chi connectivity index (χ1n) is 4.64. The van der Waals surface area contributed by atoms with E-state index in [-0.39, 0.29) is 5.41 Å². The molecule has 0 aliphatic heterocycles. The minimum atomic E-state index is -0.0942. The van der Waals surface area contributed by atoms with E-state index in [0.717, 1.165) is 18.8 Å². The summed E-state index contributed by atoms with van der Waals surface area (Å²) < 4.78 is 1.87. The Kier molecular flexibility index (Phi) is 4.20. The first-order chi connectivity index (χ1) is 6.65. The highest BCUT2D eigenvalue weighted by Crippen LogP contribution is 2.24. The normalized spacial score (nSPS) is 12.0. The molecule has 0 N–H and O–H groups in total. The van der Waals surface area contributed by atoms with Crippen molar-refractivity contribution in [1.29, 1.82) is 0 Å². The standard InChI is InChI=1S/C9H15Cl2N3/c1-3-14-8(12-7-13-14)4-9(2,5-10)6-11/h7H,3-6H2,1-2H3. The zero-order valence-electron chi connectivity index (χ0n) is 8.50. The van der Waals surface area contributed by atoms with Gasteiger partial charge >= 0.3 is 0 Å². The van der Waals surface area contributed by atoms with Crippen molar-refractivity contribution in [2.75, 3.05) is 11.8 Å². The van der Waals surface area contributed by atoms with E-state index in [1.807, 2.05) is 11.6 Å². The fourth-order valence-electron chi connectivity index (χ4n) is 1.20. The highest BCUT2D eigenvalue weighted by atomic mass is 35.5. The molecule has 0 unspecified atom stereocenters. The summed E-state index contributed by atoms with van der Waals surface area (Å²) >= 11 is 11.8. The van der Waals surface area contributed by atoms with Crippen molar-refractivity contribution >= 4 is 23.2 Å². The summed E-state index contributed by atoms with van der Waals surface area (Å²) in [4.78, 5) is 4.20. The first kappa shape index (κ1) is 11.8. The van der Waals surface area contributed by atoms with Crippen molar-refractivity contribution in [2.24, 2.45) is 5.41 Å². The van der Waals surface area contributed by atoms with E-state index < -0.39 is 0 Å². The van der Waals surface area contributed by atoms with Crippen LogP contribution in [0.25, 0.3) is 0 Å². The van der Waals surface area contributed by atoms with Crippen LogP contribution in [0, 0.1) is 5.41 Å². The zero-order chi connectivity index (χ0) is 10.6. The maximum atomic E-state index is 5.88. The van der Waals surface area contributed by atoms with Crippen molar-refractivity contribution in [3.63, 3.8) is 0 Å². The van der Waals surface area contributed by atoms with Crippen LogP contribution in [0.15, 0.2) is 6.33 Å². The SMILES string of the molecule is CCn1ncnc1CC(C)(CCl)CCl. The summed E-state index contributed by atoms with van der Waals surface area (Å²) in [5.74, 6) is 2.02. The van der Waals surface area contributed by atoms with E-state index >= 15 is 0 Å². The topological polar surface area (TPSA) is 30.7 Å². The van der Waals surface area contributed by atoms with Crippen LogP contribution in [-0.2, 0) is 13.0 Å². The van der Waals surface area contributed by atoms with Gasteiger partial charge in [-0.1, -0.05) is 6.92 Å². The molecule has 0 fully saturated rings. The Morgan fingerprint density at radius 1 is 1.43 bits per heavy atom. The van der Waals surface area contributed by atoms with E-state index in [9.17, 15) is 0 Å². The van der Waals surface area contributed by atoms with Crippen LogP contribution in [0.5, 0.6) is 0 Å². The average Bonchev–Trinajstić information content (AvgIpc) is 2.65. The highest BCUT2D eigenvalue weighted by Gasteiger charge is 2.24. The summed E-state index contributed by atoms with van der Waals surface area (Å²) in [6.07, 6.45) is 2.34. The minimum absolute atomic E-state index is 0.0942. The van der Waals surface area contributed by atoms with Crippen LogP contribution in [0.1, 0.15) is 19.7 Å². The summed E-state index contributed by atoms with van der Waals surface area (Å²) in [5, 5.41) is 4.11. The van der Waals surface area contributed by atoms with E-state index in [2.05, 4.69) is 17.0 Å². The molecule has 0 saturated carbocycles. The molecule has 14 heavy (non-hydrogen) atoms. The fourth-order valence-corrected chi connectivity index (χ4v) is 1.68. The third-order valence-electron chi connectivity index (χ3n) is 2.23. The molecular weight excluding hydrogens is 221 g/mol. The Morgan fingerprint density at radius 3 is 2.57 bits per heavy atom. The molecule has 0 amide bonds. The molecule has 5 heteroatoms. The number of hydrogen-bond donors (Lipinski definition) is 0. The van der Waals surface area contributed by atoms with Crippen molar-refractivity contribution in [1.82, 2.24) is 14.8 Å². The maximum absolute atomic E-state index is 5.88. The molecule has 0 atom stereocenters. The monoisotopic (exact) mass is 235 g/mol. The quantitative estimate of drug-likeness (QED) is 0.734. The molecule has 0 aromatic carbocycles. The molecular formula is C9H15Cl2N3. The van der Waals surface area contributed by atoms with Gasteiger partial charge in [-0.05, 0) is 6.92 Å². The molecule has 1 aromatic heterocycles. The van der Waals surface area contributed by atoms with Crippen LogP contribution in [0.3, 0.4) is 0 Å². The van der Waals surface area contributed by atoms with Gasteiger partial charge in [0.2, 0.25) is 0 Å².